The van der Waals surface area contributed by atoms with Gasteiger partial charge in [0.15, 0.2) is 0 Å². The van der Waals surface area contributed by atoms with Crippen LogP contribution in [0.1, 0.15) is 19.3 Å². The van der Waals surface area contributed by atoms with Gasteiger partial charge in [0.05, 0.1) is 0 Å². The smallest absolute Gasteiger partial charge is 0.298 e. The predicted molar refractivity (Wildman–Crippen MR) is 66.4 cm³/mol. The molecule has 88 valence electrons. The van der Waals surface area contributed by atoms with E-state index in [9.17, 15) is 9.59 Å². The fourth-order valence-electron chi connectivity index (χ4n) is 1.82. The van der Waals surface area contributed by atoms with E-state index in [1.807, 2.05) is 11.8 Å². The van der Waals surface area contributed by atoms with Gasteiger partial charge in [-0.1, -0.05) is 18.0 Å². The first-order valence-electron chi connectivity index (χ1n) is 5.28. The van der Waals surface area contributed by atoms with Crippen LogP contribution >= 0.6 is 23.4 Å². The molecule has 16 heavy (non-hydrogen) atoms. The summed E-state index contributed by atoms with van der Waals surface area (Å²) >= 11 is 7.43. The lowest BCUT2D eigenvalue weighted by Crippen LogP contribution is -2.37. The van der Waals surface area contributed by atoms with E-state index >= 15 is 0 Å². The summed E-state index contributed by atoms with van der Waals surface area (Å²) in [5, 5.41) is 0.469. The molecule has 0 saturated carbocycles. The predicted octanol–water partition coefficient (Wildman–Crippen LogP) is 1.48. The molecule has 0 radical (unpaired) electrons. The Morgan fingerprint density at radius 2 is 2.31 bits per heavy atom. The Kier molecular flexibility index (Phi) is 3.76. The topological polar surface area (TPSA) is 54.9 Å². The van der Waals surface area contributed by atoms with Crippen LogP contribution < -0.4 is 11.2 Å². The molecule has 0 bridgehead atoms. The summed E-state index contributed by atoms with van der Waals surface area (Å²) in [5.41, 5.74) is -0.733. The summed E-state index contributed by atoms with van der Waals surface area (Å²) in [6.07, 6.45) is 3.48. The van der Waals surface area contributed by atoms with Crippen LogP contribution in [0.15, 0.2) is 15.7 Å². The maximum absolute atomic E-state index is 11.6. The Labute approximate surface area is 102 Å². The molecule has 1 aliphatic rings. The third-order valence-electron chi connectivity index (χ3n) is 2.65. The van der Waals surface area contributed by atoms with E-state index < -0.39 is 5.69 Å². The first-order valence-corrected chi connectivity index (χ1v) is 6.71. The third-order valence-corrected chi connectivity index (χ3v) is 4.23. The van der Waals surface area contributed by atoms with Crippen LogP contribution in [0.25, 0.3) is 0 Å². The van der Waals surface area contributed by atoms with Gasteiger partial charge in [-0.15, -0.1) is 0 Å². The number of hydrogen-bond donors (Lipinski definition) is 1. The second kappa shape index (κ2) is 5.10. The van der Waals surface area contributed by atoms with E-state index in [2.05, 4.69) is 4.98 Å². The summed E-state index contributed by atoms with van der Waals surface area (Å²) in [6, 6.07) is 1.25. The highest BCUT2D eigenvalue weighted by atomic mass is 35.5. The molecule has 2 rings (SSSR count). The van der Waals surface area contributed by atoms with Crippen molar-refractivity contribution in [2.24, 2.45) is 0 Å². The van der Waals surface area contributed by atoms with Gasteiger partial charge in [-0.25, -0.2) is 4.79 Å². The van der Waals surface area contributed by atoms with Gasteiger partial charge in [0.25, 0.3) is 5.56 Å². The lowest BCUT2D eigenvalue weighted by Gasteiger charge is -2.21. The number of nitrogens with zero attached hydrogens (tertiary/aromatic N) is 1. The fraction of sp³-hybridized carbons (Fsp3) is 0.600. The fourth-order valence-corrected chi connectivity index (χ4v) is 3.29. The Morgan fingerprint density at radius 1 is 1.50 bits per heavy atom. The van der Waals surface area contributed by atoms with Crippen molar-refractivity contribution in [2.75, 3.05) is 5.75 Å². The Morgan fingerprint density at radius 3 is 2.94 bits per heavy atom. The molecular weight excluding hydrogens is 248 g/mol. The largest absolute Gasteiger partial charge is 0.329 e. The molecule has 4 nitrogen and oxygen atoms in total. The minimum Gasteiger partial charge on any atom is -0.298 e. The average Bonchev–Trinajstić information content (AvgIpc) is 2.25. The molecule has 0 spiro atoms. The van der Waals surface area contributed by atoms with Crippen LogP contribution in [0, 0.1) is 0 Å². The molecule has 1 fully saturated rings. The van der Waals surface area contributed by atoms with Crippen molar-refractivity contribution in [3.63, 3.8) is 0 Å². The first-order chi connectivity index (χ1) is 7.66. The van der Waals surface area contributed by atoms with E-state index in [1.54, 1.807) is 0 Å². The standard InChI is InChI=1S/C10H13ClN2O2S/c11-8-5-9(14)13(10(15)12-8)6-7-3-1-2-4-16-7/h5,7H,1-4,6H2,(H,12,15). The van der Waals surface area contributed by atoms with Gasteiger partial charge in [-0.2, -0.15) is 11.8 Å². The summed E-state index contributed by atoms with van der Waals surface area (Å²) in [7, 11) is 0. The second-order valence-electron chi connectivity index (χ2n) is 3.86. The zero-order valence-electron chi connectivity index (χ0n) is 8.74. The molecule has 1 aromatic heterocycles. The molecule has 6 heteroatoms. The van der Waals surface area contributed by atoms with Crippen molar-refractivity contribution in [3.05, 3.63) is 32.1 Å². The molecule has 1 aromatic rings. The lowest BCUT2D eigenvalue weighted by molar-refractivity contribution is 0.552. The zero-order valence-corrected chi connectivity index (χ0v) is 10.3. The molecule has 2 heterocycles. The summed E-state index contributed by atoms with van der Waals surface area (Å²) < 4.78 is 1.23. The number of H-pyrrole nitrogens is 1. The SMILES string of the molecule is O=c1cc(Cl)[nH]c(=O)n1CC1CCCCS1. The molecule has 1 atom stereocenters. The number of hydrogen-bond acceptors (Lipinski definition) is 3. The highest BCUT2D eigenvalue weighted by molar-refractivity contribution is 7.99. The van der Waals surface area contributed by atoms with Crippen LogP contribution in [-0.2, 0) is 6.54 Å². The summed E-state index contributed by atoms with van der Waals surface area (Å²) in [4.78, 5) is 25.6. The molecule has 1 N–H and O–H groups in total. The number of nitrogens with one attached hydrogen (secondary N) is 1. The van der Waals surface area contributed by atoms with Gasteiger partial charge in [-0.3, -0.25) is 14.3 Å². The zero-order chi connectivity index (χ0) is 11.5. The van der Waals surface area contributed by atoms with Crippen molar-refractivity contribution in [1.29, 1.82) is 0 Å². The Bertz CT molecular complexity index is 445. The molecule has 1 saturated heterocycles. The lowest BCUT2D eigenvalue weighted by atomic mass is 10.2. The van der Waals surface area contributed by atoms with Gasteiger partial charge in [0.1, 0.15) is 5.15 Å². The highest BCUT2D eigenvalue weighted by Gasteiger charge is 2.16. The van der Waals surface area contributed by atoms with Crippen LogP contribution in [0.2, 0.25) is 5.15 Å². The monoisotopic (exact) mass is 260 g/mol. The maximum atomic E-state index is 11.6. The minimum atomic E-state index is -0.413. The van der Waals surface area contributed by atoms with E-state index in [0.29, 0.717) is 11.8 Å². The van der Waals surface area contributed by atoms with Crippen molar-refractivity contribution < 1.29 is 0 Å². The minimum absolute atomic E-state index is 0.0996. The quantitative estimate of drug-likeness (QED) is 0.820. The van der Waals surface area contributed by atoms with Gasteiger partial charge in [-0.05, 0) is 18.6 Å². The van der Waals surface area contributed by atoms with Crippen molar-refractivity contribution >= 4 is 23.4 Å². The van der Waals surface area contributed by atoms with Crippen LogP contribution in [0.3, 0.4) is 0 Å². The number of aromatic nitrogens is 2. The van der Waals surface area contributed by atoms with Crippen LogP contribution in [-0.4, -0.2) is 20.6 Å². The van der Waals surface area contributed by atoms with Crippen LogP contribution in [0.5, 0.6) is 0 Å². The highest BCUT2D eigenvalue weighted by Crippen LogP contribution is 2.25. The van der Waals surface area contributed by atoms with E-state index in [4.69, 9.17) is 11.6 Å². The Balaban J connectivity index is 2.20. The molecular formula is C10H13ClN2O2S. The van der Waals surface area contributed by atoms with Gasteiger partial charge < -0.3 is 0 Å². The van der Waals surface area contributed by atoms with Crippen molar-refractivity contribution in [3.8, 4) is 0 Å². The molecule has 1 unspecified atom stereocenters. The van der Waals surface area contributed by atoms with E-state index in [1.165, 1.54) is 23.5 Å². The summed E-state index contributed by atoms with van der Waals surface area (Å²) in [6.45, 7) is 0.482. The number of rotatable bonds is 2. The van der Waals surface area contributed by atoms with E-state index in [-0.39, 0.29) is 10.7 Å². The number of aromatic amines is 1. The third kappa shape index (κ3) is 2.71. The van der Waals surface area contributed by atoms with Crippen molar-refractivity contribution in [1.82, 2.24) is 9.55 Å². The first kappa shape index (κ1) is 11.8. The van der Waals surface area contributed by atoms with Crippen LogP contribution in [0.4, 0.5) is 0 Å². The normalized spacial score (nSPS) is 20.9. The maximum Gasteiger partial charge on any atom is 0.329 e. The molecule has 0 amide bonds. The average molecular weight is 261 g/mol. The summed E-state index contributed by atoms with van der Waals surface area (Å²) in [5.74, 6) is 1.12. The molecule has 1 aliphatic heterocycles. The van der Waals surface area contributed by atoms with Gasteiger partial charge >= 0.3 is 5.69 Å². The van der Waals surface area contributed by atoms with E-state index in [0.717, 1.165) is 12.2 Å². The van der Waals surface area contributed by atoms with Gasteiger partial charge in [0, 0.05) is 17.9 Å². The van der Waals surface area contributed by atoms with Gasteiger partial charge in [0.2, 0.25) is 0 Å². The number of halogens is 1. The molecule has 0 aromatic carbocycles. The van der Waals surface area contributed by atoms with Crippen molar-refractivity contribution in [2.45, 2.75) is 31.1 Å². The number of thioether (sulfide) groups is 1. The Hall–Kier alpha value is -0.680. The second-order valence-corrected chi connectivity index (χ2v) is 5.68. The molecule has 0 aliphatic carbocycles.